The van der Waals surface area contributed by atoms with Gasteiger partial charge in [-0.3, -0.25) is 4.79 Å². The van der Waals surface area contributed by atoms with Crippen molar-refractivity contribution >= 4 is 28.4 Å². The molecule has 0 saturated heterocycles. The smallest absolute Gasteiger partial charge is 0.247 e. The van der Waals surface area contributed by atoms with Crippen molar-refractivity contribution in [2.45, 2.75) is 6.54 Å². The number of nitrogens with two attached hydrogens (primary N) is 1. The van der Waals surface area contributed by atoms with Crippen LogP contribution in [0.25, 0.3) is 22.3 Å². The van der Waals surface area contributed by atoms with E-state index in [-0.39, 0.29) is 5.91 Å². The van der Waals surface area contributed by atoms with E-state index in [1.54, 1.807) is 4.68 Å². The third kappa shape index (κ3) is 4.72. The van der Waals surface area contributed by atoms with Gasteiger partial charge in [-0.05, 0) is 60.2 Å². The number of para-hydroxylation sites is 1. The van der Waals surface area contributed by atoms with Crippen molar-refractivity contribution in [3.05, 3.63) is 103 Å². The van der Waals surface area contributed by atoms with E-state index >= 15 is 0 Å². The Morgan fingerprint density at radius 1 is 1.00 bits per heavy atom. The highest BCUT2D eigenvalue weighted by Crippen LogP contribution is 2.32. The van der Waals surface area contributed by atoms with E-state index in [0.29, 0.717) is 40.5 Å². The highest BCUT2D eigenvalue weighted by atomic mass is 16.5. The zero-order valence-electron chi connectivity index (χ0n) is 18.8. The lowest BCUT2D eigenvalue weighted by molar-refractivity contribution is -0.111. The van der Waals surface area contributed by atoms with Gasteiger partial charge in [0.1, 0.15) is 29.3 Å². The van der Waals surface area contributed by atoms with Crippen molar-refractivity contribution in [2.75, 3.05) is 11.1 Å². The van der Waals surface area contributed by atoms with Gasteiger partial charge in [0.15, 0.2) is 5.65 Å². The van der Waals surface area contributed by atoms with Crippen LogP contribution in [-0.4, -0.2) is 25.7 Å². The fraction of sp³-hybridized carbons (Fsp3) is 0.0370. The predicted molar refractivity (Wildman–Crippen MR) is 136 cm³/mol. The molecule has 1 amide bonds. The molecule has 0 radical (unpaired) electrons. The van der Waals surface area contributed by atoms with Crippen LogP contribution in [-0.2, 0) is 11.3 Å². The molecule has 0 bridgehead atoms. The number of nitrogens with zero attached hydrogens (tertiary/aromatic N) is 4. The summed E-state index contributed by atoms with van der Waals surface area (Å²) in [6.07, 6.45) is 2.66. The molecule has 0 atom stereocenters. The number of nitrogen functional groups attached to an aromatic ring is 1. The monoisotopic (exact) mass is 462 g/mol. The number of ether oxygens (including phenoxy) is 1. The second-order valence-electron chi connectivity index (χ2n) is 7.80. The fourth-order valence-electron chi connectivity index (χ4n) is 3.76. The summed E-state index contributed by atoms with van der Waals surface area (Å²) in [5, 5.41) is 8.28. The molecule has 8 heteroatoms. The van der Waals surface area contributed by atoms with Gasteiger partial charge in [0.2, 0.25) is 5.91 Å². The molecule has 2 heterocycles. The number of aromatic nitrogens is 4. The number of carbonyl (C=O) groups excluding carboxylic acids is 1. The van der Waals surface area contributed by atoms with E-state index in [2.05, 4.69) is 21.9 Å². The van der Waals surface area contributed by atoms with Gasteiger partial charge in [0.05, 0.1) is 11.9 Å². The molecule has 8 nitrogen and oxygen atoms in total. The number of benzene rings is 3. The van der Waals surface area contributed by atoms with Crippen molar-refractivity contribution in [3.63, 3.8) is 0 Å². The maximum Gasteiger partial charge on any atom is 0.247 e. The average molecular weight is 463 g/mol. The van der Waals surface area contributed by atoms with Crippen LogP contribution in [0.4, 0.5) is 11.5 Å². The highest BCUT2D eigenvalue weighted by Gasteiger charge is 2.17. The molecule has 3 aromatic carbocycles. The van der Waals surface area contributed by atoms with Crippen LogP contribution < -0.4 is 15.8 Å². The first-order valence-corrected chi connectivity index (χ1v) is 10.9. The standard InChI is InChI=1S/C27H22N6O2/c1-2-23(34)31-20-8-6-7-18(15-20)16-33-27-24(26(28)29-17-30-27)25(32-33)19-11-13-22(14-12-19)35-21-9-4-3-5-10-21/h2-15,17H,1,16H2,(H,31,34)(H2,28,29,30). The van der Waals surface area contributed by atoms with Crippen molar-refractivity contribution in [2.24, 2.45) is 0 Å². The highest BCUT2D eigenvalue weighted by molar-refractivity contribution is 5.99. The second-order valence-corrected chi connectivity index (χ2v) is 7.80. The summed E-state index contributed by atoms with van der Waals surface area (Å²) < 4.78 is 7.68. The molecule has 2 aromatic heterocycles. The summed E-state index contributed by atoms with van der Waals surface area (Å²) in [4.78, 5) is 20.3. The van der Waals surface area contributed by atoms with E-state index in [4.69, 9.17) is 15.6 Å². The number of nitrogens with one attached hydrogen (secondary N) is 1. The topological polar surface area (TPSA) is 108 Å². The van der Waals surface area contributed by atoms with Crippen LogP contribution in [0.5, 0.6) is 11.5 Å². The van der Waals surface area contributed by atoms with Crippen molar-refractivity contribution in [1.82, 2.24) is 19.7 Å². The van der Waals surface area contributed by atoms with Gasteiger partial charge in [-0.2, -0.15) is 5.10 Å². The largest absolute Gasteiger partial charge is 0.457 e. The Morgan fingerprint density at radius 2 is 1.77 bits per heavy atom. The molecule has 0 unspecified atom stereocenters. The summed E-state index contributed by atoms with van der Waals surface area (Å²) in [5.74, 6) is 1.56. The minimum absolute atomic E-state index is 0.269. The Labute approximate surface area is 201 Å². The third-order valence-corrected chi connectivity index (χ3v) is 5.38. The predicted octanol–water partition coefficient (Wildman–Crippen LogP) is 5.04. The number of rotatable bonds is 7. The Bertz CT molecular complexity index is 1510. The molecule has 0 spiro atoms. The molecule has 0 saturated carbocycles. The zero-order valence-corrected chi connectivity index (χ0v) is 18.8. The van der Waals surface area contributed by atoms with Gasteiger partial charge in [-0.1, -0.05) is 36.9 Å². The van der Waals surface area contributed by atoms with Crippen molar-refractivity contribution < 1.29 is 9.53 Å². The van der Waals surface area contributed by atoms with E-state index < -0.39 is 0 Å². The number of fused-ring (bicyclic) bond motifs is 1. The third-order valence-electron chi connectivity index (χ3n) is 5.38. The van der Waals surface area contributed by atoms with Crippen molar-refractivity contribution in [3.8, 4) is 22.8 Å². The summed E-state index contributed by atoms with van der Waals surface area (Å²) in [5.41, 5.74) is 10.0. The van der Waals surface area contributed by atoms with Gasteiger partial charge in [-0.25, -0.2) is 14.6 Å². The van der Waals surface area contributed by atoms with Crippen LogP contribution in [0.1, 0.15) is 5.56 Å². The van der Waals surface area contributed by atoms with Crippen LogP contribution in [0.15, 0.2) is 97.8 Å². The zero-order chi connectivity index (χ0) is 24.2. The minimum Gasteiger partial charge on any atom is -0.457 e. The van der Waals surface area contributed by atoms with Gasteiger partial charge in [0, 0.05) is 11.3 Å². The quantitative estimate of drug-likeness (QED) is 0.328. The van der Waals surface area contributed by atoms with Gasteiger partial charge in [-0.15, -0.1) is 0 Å². The maximum atomic E-state index is 11.7. The lowest BCUT2D eigenvalue weighted by atomic mass is 10.1. The molecular weight excluding hydrogens is 440 g/mol. The van der Waals surface area contributed by atoms with Gasteiger partial charge in [0.25, 0.3) is 0 Å². The number of hydrogen-bond donors (Lipinski definition) is 2. The fourth-order valence-corrected chi connectivity index (χ4v) is 3.76. The Balaban J connectivity index is 1.47. The van der Waals surface area contributed by atoms with Crippen LogP contribution in [0, 0.1) is 0 Å². The number of anilines is 2. The molecule has 0 aliphatic carbocycles. The number of hydrogen-bond acceptors (Lipinski definition) is 6. The normalized spacial score (nSPS) is 10.7. The number of carbonyl (C=O) groups is 1. The molecule has 3 N–H and O–H groups in total. The Kier molecular flexibility index (Phi) is 5.92. The summed E-state index contributed by atoms with van der Waals surface area (Å²) in [7, 11) is 0. The first kappa shape index (κ1) is 21.8. The molecule has 0 fully saturated rings. The Morgan fingerprint density at radius 3 is 2.54 bits per heavy atom. The number of amides is 1. The average Bonchev–Trinajstić information content (AvgIpc) is 3.25. The second kappa shape index (κ2) is 9.48. The molecule has 0 aliphatic heterocycles. The molecule has 35 heavy (non-hydrogen) atoms. The molecular formula is C27H22N6O2. The van der Waals surface area contributed by atoms with Gasteiger partial charge >= 0.3 is 0 Å². The summed E-state index contributed by atoms with van der Waals surface area (Å²) in [6, 6.07) is 24.8. The first-order chi connectivity index (χ1) is 17.1. The summed E-state index contributed by atoms with van der Waals surface area (Å²) in [6.45, 7) is 3.92. The molecule has 172 valence electrons. The van der Waals surface area contributed by atoms with E-state index in [9.17, 15) is 4.79 Å². The lowest BCUT2D eigenvalue weighted by Crippen LogP contribution is -2.08. The SMILES string of the molecule is C=CC(=O)Nc1cccc(Cn2nc(-c3ccc(Oc4ccccc4)cc3)c3c(N)ncnc32)c1. The first-order valence-electron chi connectivity index (χ1n) is 10.9. The minimum atomic E-state index is -0.269. The van der Waals surface area contributed by atoms with Crippen LogP contribution in [0.2, 0.25) is 0 Å². The molecule has 0 aliphatic rings. The van der Waals surface area contributed by atoms with Gasteiger partial charge < -0.3 is 15.8 Å². The Hall–Kier alpha value is -4.98. The van der Waals surface area contributed by atoms with E-state index in [0.717, 1.165) is 16.9 Å². The van der Waals surface area contributed by atoms with Crippen LogP contribution >= 0.6 is 0 Å². The summed E-state index contributed by atoms with van der Waals surface area (Å²) >= 11 is 0. The molecule has 5 aromatic rings. The maximum absolute atomic E-state index is 11.7. The van der Waals surface area contributed by atoms with Crippen LogP contribution in [0.3, 0.4) is 0 Å². The van der Waals surface area contributed by atoms with E-state index in [1.165, 1.54) is 12.4 Å². The van der Waals surface area contributed by atoms with E-state index in [1.807, 2.05) is 78.9 Å². The van der Waals surface area contributed by atoms with Crippen molar-refractivity contribution in [1.29, 1.82) is 0 Å². The lowest BCUT2D eigenvalue weighted by Gasteiger charge is -2.07. The molecule has 5 rings (SSSR count).